The lowest BCUT2D eigenvalue weighted by molar-refractivity contribution is 1.46. The minimum atomic E-state index is 1.26. The Hall–Kier alpha value is -0.330. The van der Waals surface area contributed by atoms with Gasteiger partial charge in [-0.2, -0.15) is 0 Å². The first-order valence-corrected chi connectivity index (χ1v) is 1.88. The largest absolute Gasteiger partial charge is 0.297 e. The number of nitrogens with zero attached hydrogens (tertiary/aromatic N) is 1. The summed E-state index contributed by atoms with van der Waals surface area (Å²) in [5.41, 5.74) is 1.38. The molecule has 0 aromatic carbocycles. The summed E-state index contributed by atoms with van der Waals surface area (Å²) in [6, 6.07) is 0. The van der Waals surface area contributed by atoms with Gasteiger partial charge in [0.05, 0.1) is 0 Å². The van der Waals surface area contributed by atoms with Crippen molar-refractivity contribution in [2.75, 3.05) is 7.05 Å². The minimum Gasteiger partial charge on any atom is -0.297 e. The Labute approximate surface area is 31.7 Å². The third kappa shape index (κ3) is 0.469. The highest BCUT2D eigenvalue weighted by Crippen LogP contribution is 2.12. The molecule has 0 bridgehead atoms. The summed E-state index contributed by atoms with van der Waals surface area (Å²) in [5, 5.41) is 0. The van der Waals surface area contributed by atoms with Crippen LogP contribution in [0, 0.1) is 0 Å². The van der Waals surface area contributed by atoms with E-state index in [-0.39, 0.29) is 0 Å². The zero-order chi connectivity index (χ0) is 3.70. The second kappa shape index (κ2) is 0.814. The SMILES string of the molecule is CN=C1CC1. The first-order chi connectivity index (χ1) is 2.43. The normalized spacial score (nSPS) is 19.0. The fourth-order valence-electron chi connectivity index (χ4n) is 0.280. The Morgan fingerprint density at radius 3 is 2.20 bits per heavy atom. The molecule has 0 unspecified atom stereocenters. The topological polar surface area (TPSA) is 12.4 Å². The molecule has 0 saturated heterocycles. The van der Waals surface area contributed by atoms with Crippen LogP contribution in [0.5, 0.6) is 0 Å². The van der Waals surface area contributed by atoms with Crippen molar-refractivity contribution >= 4 is 5.71 Å². The van der Waals surface area contributed by atoms with E-state index in [9.17, 15) is 0 Å². The Bertz CT molecular complexity index is 58.0. The van der Waals surface area contributed by atoms with Crippen molar-refractivity contribution in [1.29, 1.82) is 0 Å². The van der Waals surface area contributed by atoms with E-state index in [1.54, 1.807) is 0 Å². The highest BCUT2D eigenvalue weighted by atomic mass is 14.7. The summed E-state index contributed by atoms with van der Waals surface area (Å²) in [4.78, 5) is 3.92. The predicted molar refractivity (Wildman–Crippen MR) is 22.6 cm³/mol. The maximum absolute atomic E-state index is 3.92. The van der Waals surface area contributed by atoms with Crippen molar-refractivity contribution < 1.29 is 0 Å². The quantitative estimate of drug-likeness (QED) is 0.400. The number of rotatable bonds is 0. The Balaban J connectivity index is 2.46. The van der Waals surface area contributed by atoms with Crippen LogP contribution in [0.3, 0.4) is 0 Å². The van der Waals surface area contributed by atoms with E-state index in [1.807, 2.05) is 7.05 Å². The molecule has 0 aromatic heterocycles. The molecule has 1 nitrogen and oxygen atoms in total. The maximum Gasteiger partial charge on any atom is 0.0276 e. The lowest BCUT2D eigenvalue weighted by Gasteiger charge is -1.56. The highest BCUT2D eigenvalue weighted by molar-refractivity contribution is 5.97. The van der Waals surface area contributed by atoms with Crippen LogP contribution in [0.4, 0.5) is 0 Å². The van der Waals surface area contributed by atoms with Crippen molar-refractivity contribution in [2.45, 2.75) is 12.8 Å². The zero-order valence-corrected chi connectivity index (χ0v) is 3.36. The van der Waals surface area contributed by atoms with Gasteiger partial charge in [0.25, 0.3) is 0 Å². The number of aliphatic imine (C=N–C) groups is 1. The van der Waals surface area contributed by atoms with Gasteiger partial charge in [-0.25, -0.2) is 0 Å². The molecule has 1 aliphatic rings. The molecule has 0 atom stereocenters. The molecule has 1 saturated carbocycles. The standard InChI is InChI=1S/C4H7N/c1-5-4-2-3-4/h2-3H2,1H3. The highest BCUT2D eigenvalue weighted by Gasteiger charge is 2.09. The van der Waals surface area contributed by atoms with Crippen LogP contribution in [0.15, 0.2) is 4.99 Å². The van der Waals surface area contributed by atoms with Gasteiger partial charge in [0.2, 0.25) is 0 Å². The zero-order valence-electron chi connectivity index (χ0n) is 3.36. The van der Waals surface area contributed by atoms with Gasteiger partial charge in [0.15, 0.2) is 0 Å². The van der Waals surface area contributed by atoms with E-state index in [2.05, 4.69) is 4.99 Å². The summed E-state index contributed by atoms with van der Waals surface area (Å²) < 4.78 is 0. The van der Waals surface area contributed by atoms with Gasteiger partial charge < -0.3 is 0 Å². The lowest BCUT2D eigenvalue weighted by Crippen LogP contribution is -1.54. The molecular formula is C4H7N. The van der Waals surface area contributed by atoms with Crippen molar-refractivity contribution in [3.63, 3.8) is 0 Å². The maximum atomic E-state index is 3.92. The van der Waals surface area contributed by atoms with Gasteiger partial charge >= 0.3 is 0 Å². The van der Waals surface area contributed by atoms with Crippen LogP contribution in [0.25, 0.3) is 0 Å². The third-order valence-corrected chi connectivity index (χ3v) is 0.790. The molecule has 28 valence electrons. The van der Waals surface area contributed by atoms with Gasteiger partial charge in [0, 0.05) is 12.8 Å². The molecular weight excluding hydrogens is 62.1 g/mol. The average molecular weight is 69.1 g/mol. The van der Waals surface area contributed by atoms with Crippen molar-refractivity contribution in [3.05, 3.63) is 0 Å². The van der Waals surface area contributed by atoms with Crippen molar-refractivity contribution in [2.24, 2.45) is 4.99 Å². The number of hydrogen-bond acceptors (Lipinski definition) is 1. The van der Waals surface area contributed by atoms with E-state index in [4.69, 9.17) is 0 Å². The molecule has 5 heavy (non-hydrogen) atoms. The Kier molecular flexibility index (Phi) is 0.469. The van der Waals surface area contributed by atoms with Gasteiger partial charge in [0.1, 0.15) is 0 Å². The molecule has 1 aliphatic carbocycles. The van der Waals surface area contributed by atoms with Gasteiger partial charge in [-0.3, -0.25) is 4.99 Å². The summed E-state index contributed by atoms with van der Waals surface area (Å²) >= 11 is 0. The molecule has 1 heteroatoms. The van der Waals surface area contributed by atoms with E-state index in [0.29, 0.717) is 0 Å². The van der Waals surface area contributed by atoms with E-state index < -0.39 is 0 Å². The summed E-state index contributed by atoms with van der Waals surface area (Å²) in [6.45, 7) is 0. The van der Waals surface area contributed by atoms with Crippen LogP contribution in [-0.4, -0.2) is 12.8 Å². The number of hydrogen-bond donors (Lipinski definition) is 0. The molecule has 1 fully saturated rings. The first kappa shape index (κ1) is 2.88. The smallest absolute Gasteiger partial charge is 0.0276 e. The second-order valence-corrected chi connectivity index (χ2v) is 1.29. The molecule has 0 heterocycles. The minimum absolute atomic E-state index is 1.26. The summed E-state index contributed by atoms with van der Waals surface area (Å²) in [6.07, 6.45) is 2.52. The molecule has 0 N–H and O–H groups in total. The van der Waals surface area contributed by atoms with Crippen molar-refractivity contribution in [1.82, 2.24) is 0 Å². The molecule has 0 aliphatic heterocycles. The van der Waals surface area contributed by atoms with Crippen LogP contribution in [-0.2, 0) is 0 Å². The van der Waals surface area contributed by atoms with Gasteiger partial charge in [-0.1, -0.05) is 0 Å². The Morgan fingerprint density at radius 2 is 2.20 bits per heavy atom. The van der Waals surface area contributed by atoms with Crippen LogP contribution in [0.1, 0.15) is 12.8 Å². The summed E-state index contributed by atoms with van der Waals surface area (Å²) in [7, 11) is 1.85. The second-order valence-electron chi connectivity index (χ2n) is 1.29. The van der Waals surface area contributed by atoms with E-state index in [0.717, 1.165) is 0 Å². The molecule has 1 rings (SSSR count). The van der Waals surface area contributed by atoms with Crippen LogP contribution < -0.4 is 0 Å². The fourth-order valence-corrected chi connectivity index (χ4v) is 0.280. The van der Waals surface area contributed by atoms with Crippen molar-refractivity contribution in [3.8, 4) is 0 Å². The average Bonchev–Trinajstić information content (AvgIpc) is 2.12. The fraction of sp³-hybridized carbons (Fsp3) is 0.750. The predicted octanol–water partition coefficient (Wildman–Crippen LogP) is 0.851. The summed E-state index contributed by atoms with van der Waals surface area (Å²) in [5.74, 6) is 0. The van der Waals surface area contributed by atoms with Crippen LogP contribution >= 0.6 is 0 Å². The molecule has 0 amide bonds. The third-order valence-electron chi connectivity index (χ3n) is 0.790. The van der Waals surface area contributed by atoms with Gasteiger partial charge in [-0.15, -0.1) is 0 Å². The monoisotopic (exact) mass is 69.1 g/mol. The molecule has 0 radical (unpaired) electrons. The van der Waals surface area contributed by atoms with E-state index >= 15 is 0 Å². The molecule has 0 spiro atoms. The van der Waals surface area contributed by atoms with Gasteiger partial charge in [-0.05, 0) is 12.8 Å². The van der Waals surface area contributed by atoms with Crippen LogP contribution in [0.2, 0.25) is 0 Å². The van der Waals surface area contributed by atoms with E-state index in [1.165, 1.54) is 18.6 Å². The first-order valence-electron chi connectivity index (χ1n) is 1.88. The Morgan fingerprint density at radius 1 is 1.60 bits per heavy atom. The molecule has 0 aromatic rings. The lowest BCUT2D eigenvalue weighted by atomic mass is 10.9.